The average Bonchev–Trinajstić information content (AvgIpc) is 2.61. The van der Waals surface area contributed by atoms with Crippen molar-refractivity contribution in [1.82, 2.24) is 4.72 Å². The molecule has 0 aliphatic carbocycles. The molecule has 0 aliphatic rings. The van der Waals surface area contributed by atoms with Crippen LogP contribution in [0.5, 0.6) is 11.5 Å². The number of nitrogens with one attached hydrogen (secondary N) is 1. The van der Waals surface area contributed by atoms with E-state index in [1.54, 1.807) is 12.1 Å². The summed E-state index contributed by atoms with van der Waals surface area (Å²) in [5.74, 6) is 7.01. The van der Waals surface area contributed by atoms with Gasteiger partial charge in [0.2, 0.25) is 10.0 Å². The Morgan fingerprint density at radius 1 is 0.962 bits per heavy atom. The van der Waals surface area contributed by atoms with Crippen LogP contribution in [0.25, 0.3) is 0 Å². The summed E-state index contributed by atoms with van der Waals surface area (Å²) in [5, 5.41) is 0. The van der Waals surface area contributed by atoms with E-state index in [2.05, 4.69) is 16.6 Å². The number of para-hydroxylation sites is 1. The van der Waals surface area contributed by atoms with E-state index in [0.29, 0.717) is 12.4 Å². The molecule has 0 spiro atoms. The second kappa shape index (κ2) is 9.27. The molecule has 5 nitrogen and oxygen atoms in total. The van der Waals surface area contributed by atoms with E-state index >= 15 is 0 Å². The minimum Gasteiger partial charge on any atom is -0.494 e. The molecule has 6 heteroatoms. The van der Waals surface area contributed by atoms with Crippen LogP contribution in [0.3, 0.4) is 0 Å². The lowest BCUT2D eigenvalue weighted by Crippen LogP contribution is -2.24. The highest BCUT2D eigenvalue weighted by atomic mass is 32.2. The maximum Gasteiger partial charge on any atom is 0.241 e. The summed E-state index contributed by atoms with van der Waals surface area (Å²) in [4.78, 5) is 0.191. The van der Waals surface area contributed by atoms with Crippen LogP contribution in [0.4, 0.5) is 0 Å². The minimum atomic E-state index is -3.61. The lowest BCUT2D eigenvalue weighted by molar-refractivity contribution is 0.337. The van der Waals surface area contributed by atoms with Crippen molar-refractivity contribution in [2.75, 3.05) is 19.8 Å². The van der Waals surface area contributed by atoms with Gasteiger partial charge in [0.15, 0.2) is 0 Å². The van der Waals surface area contributed by atoms with Gasteiger partial charge >= 0.3 is 0 Å². The first kappa shape index (κ1) is 19.8. The molecule has 2 aromatic rings. The van der Waals surface area contributed by atoms with E-state index in [1.165, 1.54) is 6.07 Å². The van der Waals surface area contributed by atoms with Crippen molar-refractivity contribution in [2.45, 2.75) is 25.7 Å². The molecular weight excluding hydrogens is 350 g/mol. The number of hydrogen-bond acceptors (Lipinski definition) is 4. The van der Waals surface area contributed by atoms with Crippen LogP contribution < -0.4 is 14.2 Å². The normalized spacial score (nSPS) is 10.7. The molecule has 1 N–H and O–H groups in total. The van der Waals surface area contributed by atoms with Gasteiger partial charge in [-0.3, -0.25) is 0 Å². The maximum atomic E-state index is 12.3. The quantitative estimate of drug-likeness (QED) is 0.758. The number of hydrogen-bond donors (Lipinski definition) is 1. The van der Waals surface area contributed by atoms with Crippen LogP contribution in [-0.4, -0.2) is 28.2 Å². The summed E-state index contributed by atoms with van der Waals surface area (Å²) in [6.45, 7) is 6.40. The van der Waals surface area contributed by atoms with Crippen LogP contribution in [0.1, 0.15) is 18.1 Å². The monoisotopic (exact) mass is 373 g/mol. The molecule has 2 aromatic carbocycles. The summed E-state index contributed by atoms with van der Waals surface area (Å²) in [5.41, 5.74) is 1.80. The summed E-state index contributed by atoms with van der Waals surface area (Å²) < 4.78 is 38.0. The number of aryl methyl sites for hydroxylation is 2. The summed E-state index contributed by atoms with van der Waals surface area (Å²) >= 11 is 0. The Bertz CT molecular complexity index is 911. The zero-order chi connectivity index (χ0) is 19.0. The highest BCUT2D eigenvalue weighted by Crippen LogP contribution is 2.21. The van der Waals surface area contributed by atoms with E-state index in [-0.39, 0.29) is 18.0 Å². The van der Waals surface area contributed by atoms with Crippen molar-refractivity contribution in [3.63, 3.8) is 0 Å². The molecule has 0 atom stereocenters. The third-order valence-corrected chi connectivity index (χ3v) is 5.02. The lowest BCUT2D eigenvalue weighted by Gasteiger charge is -2.09. The molecule has 0 fully saturated rings. The Labute approximate surface area is 155 Å². The molecule has 0 bridgehead atoms. The first-order valence-corrected chi connectivity index (χ1v) is 9.79. The number of rotatable bonds is 7. The van der Waals surface area contributed by atoms with Crippen LogP contribution >= 0.6 is 0 Å². The van der Waals surface area contributed by atoms with Gasteiger partial charge in [-0.1, -0.05) is 30.0 Å². The van der Waals surface area contributed by atoms with Crippen molar-refractivity contribution in [3.05, 3.63) is 53.6 Å². The first-order chi connectivity index (χ1) is 12.4. The summed E-state index contributed by atoms with van der Waals surface area (Å²) in [6, 6.07) is 12.4. The SMILES string of the molecule is CCOc1ccc(S(=O)(=O)NCC#CCOc2ccccc2C)cc1C. The van der Waals surface area contributed by atoms with Gasteiger partial charge in [0.1, 0.15) is 18.1 Å². The molecule has 0 heterocycles. The Balaban J connectivity index is 1.89. The molecule has 26 heavy (non-hydrogen) atoms. The molecule has 0 radical (unpaired) electrons. The second-order valence-electron chi connectivity index (χ2n) is 5.59. The minimum absolute atomic E-state index is 0.0196. The van der Waals surface area contributed by atoms with E-state index in [1.807, 2.05) is 45.0 Å². The highest BCUT2D eigenvalue weighted by molar-refractivity contribution is 7.89. The lowest BCUT2D eigenvalue weighted by atomic mass is 10.2. The molecule has 138 valence electrons. The van der Waals surface area contributed by atoms with Crippen LogP contribution in [0.2, 0.25) is 0 Å². The molecule has 0 amide bonds. The fourth-order valence-corrected chi connectivity index (χ4v) is 3.27. The number of ether oxygens (including phenoxy) is 2. The Morgan fingerprint density at radius 3 is 2.38 bits per heavy atom. The zero-order valence-corrected chi connectivity index (χ0v) is 16.0. The first-order valence-electron chi connectivity index (χ1n) is 8.31. The van der Waals surface area contributed by atoms with Gasteiger partial charge in [0.25, 0.3) is 0 Å². The third-order valence-electron chi connectivity index (χ3n) is 3.63. The second-order valence-corrected chi connectivity index (χ2v) is 7.36. The molecule has 0 unspecified atom stereocenters. The summed E-state index contributed by atoms with van der Waals surface area (Å²) in [6.07, 6.45) is 0. The predicted octanol–water partition coefficient (Wildman–Crippen LogP) is 3.06. The van der Waals surface area contributed by atoms with E-state index in [0.717, 1.165) is 16.9 Å². The molecule has 0 aliphatic heterocycles. The van der Waals surface area contributed by atoms with Crippen LogP contribution in [0.15, 0.2) is 47.4 Å². The van der Waals surface area contributed by atoms with Crippen LogP contribution in [0, 0.1) is 25.7 Å². The zero-order valence-electron chi connectivity index (χ0n) is 15.2. The average molecular weight is 373 g/mol. The van der Waals surface area contributed by atoms with Crippen molar-refractivity contribution in [1.29, 1.82) is 0 Å². The number of sulfonamides is 1. The predicted molar refractivity (Wildman–Crippen MR) is 102 cm³/mol. The maximum absolute atomic E-state index is 12.3. The van der Waals surface area contributed by atoms with Crippen molar-refractivity contribution >= 4 is 10.0 Å². The van der Waals surface area contributed by atoms with E-state index < -0.39 is 10.0 Å². The fourth-order valence-electron chi connectivity index (χ4n) is 2.27. The van der Waals surface area contributed by atoms with Crippen molar-refractivity contribution < 1.29 is 17.9 Å². The standard InChI is InChI=1S/C20H23NO4S/c1-4-24-20-12-11-18(15-17(20)3)26(22,23)21-13-7-8-14-25-19-10-6-5-9-16(19)2/h5-6,9-12,15,21H,4,13-14H2,1-3H3. The molecular formula is C20H23NO4S. The Kier molecular flexibility index (Phi) is 7.07. The van der Waals surface area contributed by atoms with Gasteiger partial charge in [-0.05, 0) is 56.2 Å². The molecule has 0 saturated heterocycles. The van der Waals surface area contributed by atoms with Crippen molar-refractivity contribution in [2.24, 2.45) is 0 Å². The largest absolute Gasteiger partial charge is 0.494 e. The van der Waals surface area contributed by atoms with Gasteiger partial charge in [0.05, 0.1) is 18.0 Å². The van der Waals surface area contributed by atoms with Gasteiger partial charge in [0, 0.05) is 0 Å². The van der Waals surface area contributed by atoms with Gasteiger partial charge in [-0.2, -0.15) is 4.72 Å². The highest BCUT2D eigenvalue weighted by Gasteiger charge is 2.14. The summed E-state index contributed by atoms with van der Waals surface area (Å²) in [7, 11) is -3.61. The van der Waals surface area contributed by atoms with E-state index in [4.69, 9.17) is 9.47 Å². The number of benzene rings is 2. The topological polar surface area (TPSA) is 64.6 Å². The van der Waals surface area contributed by atoms with E-state index in [9.17, 15) is 8.42 Å². The van der Waals surface area contributed by atoms with Crippen molar-refractivity contribution in [3.8, 4) is 23.3 Å². The molecule has 2 rings (SSSR count). The third kappa shape index (κ3) is 5.51. The smallest absolute Gasteiger partial charge is 0.241 e. The molecule has 0 saturated carbocycles. The Morgan fingerprint density at radius 2 is 1.69 bits per heavy atom. The molecule has 0 aromatic heterocycles. The fraction of sp³-hybridized carbons (Fsp3) is 0.300. The van der Waals surface area contributed by atoms with Gasteiger partial charge in [-0.15, -0.1) is 0 Å². The van der Waals surface area contributed by atoms with Crippen LogP contribution in [-0.2, 0) is 10.0 Å². The van der Waals surface area contributed by atoms with Gasteiger partial charge < -0.3 is 9.47 Å². The van der Waals surface area contributed by atoms with Gasteiger partial charge in [-0.25, -0.2) is 8.42 Å². The Hall–Kier alpha value is -2.49.